The van der Waals surface area contributed by atoms with Crippen LogP contribution in [0.2, 0.25) is 5.02 Å². The van der Waals surface area contributed by atoms with Crippen molar-refractivity contribution < 1.29 is 10.2 Å². The molecule has 1 rings (SSSR count). The van der Waals surface area contributed by atoms with Gasteiger partial charge in [0, 0.05) is 5.56 Å². The lowest BCUT2D eigenvalue weighted by atomic mass is 10.0. The summed E-state index contributed by atoms with van der Waals surface area (Å²) < 4.78 is 0. The predicted octanol–water partition coefficient (Wildman–Crippen LogP) is 6.21. The van der Waals surface area contributed by atoms with Crippen molar-refractivity contribution in [2.24, 2.45) is 0 Å². The van der Waals surface area contributed by atoms with E-state index in [2.05, 4.69) is 6.92 Å². The largest absolute Gasteiger partial charge is 0.508 e. The fourth-order valence-corrected chi connectivity index (χ4v) is 2.88. The van der Waals surface area contributed by atoms with E-state index in [1.165, 1.54) is 63.5 Å². The number of phenolic OH excluding ortho intramolecular Hbond substituents is 2. The summed E-state index contributed by atoms with van der Waals surface area (Å²) in [5.74, 6) is 0.241. The van der Waals surface area contributed by atoms with Crippen molar-refractivity contribution >= 4 is 11.6 Å². The van der Waals surface area contributed by atoms with Gasteiger partial charge in [0.05, 0.1) is 5.02 Å². The van der Waals surface area contributed by atoms with E-state index in [4.69, 9.17) is 11.6 Å². The Labute approximate surface area is 134 Å². The van der Waals surface area contributed by atoms with E-state index in [1.54, 1.807) is 0 Å². The van der Waals surface area contributed by atoms with E-state index in [1.807, 2.05) is 0 Å². The maximum absolute atomic E-state index is 9.76. The van der Waals surface area contributed by atoms with Crippen LogP contribution in [0.5, 0.6) is 11.5 Å². The minimum absolute atomic E-state index is 0.0524. The molecule has 0 radical (unpaired) electrons. The van der Waals surface area contributed by atoms with Gasteiger partial charge in [-0.3, -0.25) is 0 Å². The molecule has 0 aliphatic heterocycles. The average molecular weight is 313 g/mol. The lowest BCUT2D eigenvalue weighted by molar-refractivity contribution is 0.452. The van der Waals surface area contributed by atoms with Gasteiger partial charge >= 0.3 is 0 Å². The number of benzene rings is 1. The first-order valence-corrected chi connectivity index (χ1v) is 8.74. The van der Waals surface area contributed by atoms with Crippen LogP contribution in [0.25, 0.3) is 0 Å². The van der Waals surface area contributed by atoms with Gasteiger partial charge in [-0.05, 0) is 25.0 Å². The average Bonchev–Trinajstić information content (AvgIpc) is 2.48. The zero-order valence-electron chi connectivity index (χ0n) is 13.2. The zero-order chi connectivity index (χ0) is 15.5. The Kier molecular flexibility index (Phi) is 9.32. The number of halogens is 1. The van der Waals surface area contributed by atoms with Gasteiger partial charge in [0.1, 0.15) is 11.5 Å². The van der Waals surface area contributed by atoms with Crippen molar-refractivity contribution in [1.29, 1.82) is 0 Å². The molecule has 0 aliphatic carbocycles. The SMILES string of the molecule is CCCCCCCCCCCCc1c(O)ccc(O)c1Cl. The van der Waals surface area contributed by atoms with E-state index in [0.717, 1.165) is 19.3 Å². The highest BCUT2D eigenvalue weighted by molar-refractivity contribution is 6.33. The van der Waals surface area contributed by atoms with Crippen LogP contribution in [-0.2, 0) is 6.42 Å². The summed E-state index contributed by atoms with van der Waals surface area (Å²) in [5, 5.41) is 19.6. The Morgan fingerprint density at radius 3 is 1.81 bits per heavy atom. The first-order valence-electron chi connectivity index (χ1n) is 8.36. The van der Waals surface area contributed by atoms with Crippen molar-refractivity contribution in [3.05, 3.63) is 22.7 Å². The molecule has 1 aromatic carbocycles. The third-order valence-electron chi connectivity index (χ3n) is 3.98. The molecule has 2 N–H and O–H groups in total. The maximum atomic E-state index is 9.76. The molecule has 0 aliphatic rings. The third-order valence-corrected chi connectivity index (χ3v) is 4.40. The molecule has 0 spiro atoms. The fourth-order valence-electron chi connectivity index (χ4n) is 2.63. The second-order valence-electron chi connectivity index (χ2n) is 5.83. The number of aromatic hydroxyl groups is 2. The van der Waals surface area contributed by atoms with Crippen LogP contribution >= 0.6 is 11.6 Å². The molecule has 0 atom stereocenters. The van der Waals surface area contributed by atoms with Gasteiger partial charge in [-0.25, -0.2) is 0 Å². The van der Waals surface area contributed by atoms with Crippen molar-refractivity contribution in [3.63, 3.8) is 0 Å². The summed E-state index contributed by atoms with van der Waals surface area (Å²) in [4.78, 5) is 0. The van der Waals surface area contributed by atoms with E-state index < -0.39 is 0 Å². The summed E-state index contributed by atoms with van der Waals surface area (Å²) in [6.07, 6.45) is 13.6. The monoisotopic (exact) mass is 312 g/mol. The van der Waals surface area contributed by atoms with Crippen LogP contribution in [0, 0.1) is 0 Å². The van der Waals surface area contributed by atoms with E-state index in [9.17, 15) is 10.2 Å². The predicted molar refractivity (Wildman–Crippen MR) is 90.3 cm³/mol. The van der Waals surface area contributed by atoms with Gasteiger partial charge in [-0.1, -0.05) is 76.3 Å². The fraction of sp³-hybridized carbons (Fsp3) is 0.667. The van der Waals surface area contributed by atoms with Crippen LogP contribution in [0.15, 0.2) is 12.1 Å². The van der Waals surface area contributed by atoms with Gasteiger partial charge in [0.25, 0.3) is 0 Å². The molecular weight excluding hydrogens is 284 g/mol. The van der Waals surface area contributed by atoms with Gasteiger partial charge in [-0.2, -0.15) is 0 Å². The van der Waals surface area contributed by atoms with Gasteiger partial charge in [0.2, 0.25) is 0 Å². The normalized spacial score (nSPS) is 11.0. The molecule has 0 amide bonds. The third kappa shape index (κ3) is 7.08. The number of rotatable bonds is 11. The number of hydrogen-bond acceptors (Lipinski definition) is 2. The number of phenols is 2. The Hall–Kier alpha value is -0.890. The molecule has 3 heteroatoms. The summed E-state index contributed by atoms with van der Waals surface area (Å²) in [7, 11) is 0. The van der Waals surface area contributed by atoms with Crippen molar-refractivity contribution in [3.8, 4) is 11.5 Å². The summed E-state index contributed by atoms with van der Waals surface area (Å²) in [6, 6.07) is 2.94. The second-order valence-corrected chi connectivity index (χ2v) is 6.21. The highest BCUT2D eigenvalue weighted by Crippen LogP contribution is 2.34. The molecule has 0 saturated carbocycles. The standard InChI is InChI=1S/C18H29ClO2/c1-2-3-4-5-6-7-8-9-10-11-12-15-16(20)13-14-17(21)18(15)19/h13-14,20-21H,2-12H2,1H3. The maximum Gasteiger partial charge on any atom is 0.134 e. The van der Waals surface area contributed by atoms with E-state index >= 15 is 0 Å². The second kappa shape index (κ2) is 10.8. The number of hydrogen-bond donors (Lipinski definition) is 2. The number of unbranched alkanes of at least 4 members (excludes halogenated alkanes) is 9. The lowest BCUT2D eigenvalue weighted by Gasteiger charge is -2.08. The van der Waals surface area contributed by atoms with Gasteiger partial charge < -0.3 is 10.2 Å². The quantitative estimate of drug-likeness (QED) is 0.376. The first-order chi connectivity index (χ1) is 10.2. The molecule has 0 aromatic heterocycles. The summed E-state index contributed by atoms with van der Waals surface area (Å²) >= 11 is 6.01. The minimum atomic E-state index is 0.0524. The van der Waals surface area contributed by atoms with Crippen LogP contribution in [-0.4, -0.2) is 10.2 Å². The Morgan fingerprint density at radius 2 is 1.24 bits per heavy atom. The molecule has 0 bridgehead atoms. The highest BCUT2D eigenvalue weighted by atomic mass is 35.5. The van der Waals surface area contributed by atoms with Crippen LogP contribution in [0.3, 0.4) is 0 Å². The zero-order valence-corrected chi connectivity index (χ0v) is 14.0. The van der Waals surface area contributed by atoms with Crippen LogP contribution in [0.4, 0.5) is 0 Å². The molecule has 0 saturated heterocycles. The summed E-state index contributed by atoms with van der Waals surface area (Å²) in [5.41, 5.74) is 0.677. The van der Waals surface area contributed by atoms with Gasteiger partial charge in [0.15, 0.2) is 0 Å². The van der Waals surface area contributed by atoms with Crippen LogP contribution < -0.4 is 0 Å². The minimum Gasteiger partial charge on any atom is -0.508 e. The Morgan fingerprint density at radius 1 is 0.762 bits per heavy atom. The van der Waals surface area contributed by atoms with E-state index in [-0.39, 0.29) is 11.5 Å². The van der Waals surface area contributed by atoms with Crippen molar-refractivity contribution in [2.75, 3.05) is 0 Å². The van der Waals surface area contributed by atoms with Crippen molar-refractivity contribution in [2.45, 2.75) is 77.6 Å². The molecule has 0 unspecified atom stereocenters. The molecule has 0 fully saturated rings. The van der Waals surface area contributed by atoms with Crippen molar-refractivity contribution in [1.82, 2.24) is 0 Å². The molecule has 1 aromatic rings. The topological polar surface area (TPSA) is 40.5 Å². The molecule has 2 nitrogen and oxygen atoms in total. The van der Waals surface area contributed by atoms with Gasteiger partial charge in [-0.15, -0.1) is 0 Å². The Bertz CT molecular complexity index is 404. The lowest BCUT2D eigenvalue weighted by Crippen LogP contribution is -1.89. The Balaban J connectivity index is 2.08. The summed E-state index contributed by atoms with van der Waals surface area (Å²) in [6.45, 7) is 2.25. The molecule has 0 heterocycles. The molecule has 120 valence electrons. The highest BCUT2D eigenvalue weighted by Gasteiger charge is 2.10. The van der Waals surface area contributed by atoms with Crippen LogP contribution in [0.1, 0.15) is 76.7 Å². The molecule has 21 heavy (non-hydrogen) atoms. The smallest absolute Gasteiger partial charge is 0.134 e. The molecular formula is C18H29ClO2. The van der Waals surface area contributed by atoms with E-state index in [0.29, 0.717) is 10.6 Å². The first kappa shape index (κ1) is 18.2.